The Balaban J connectivity index is 2.18. The van der Waals surface area contributed by atoms with Crippen LogP contribution >= 0.6 is 23.4 Å². The molecule has 2 aromatic rings. The number of nitro groups is 1. The lowest BCUT2D eigenvalue weighted by Gasteiger charge is -2.04. The van der Waals surface area contributed by atoms with Crippen LogP contribution in [0.5, 0.6) is 0 Å². The van der Waals surface area contributed by atoms with E-state index >= 15 is 0 Å². The normalized spacial score (nSPS) is 10.2. The van der Waals surface area contributed by atoms with E-state index in [0.29, 0.717) is 21.9 Å². The summed E-state index contributed by atoms with van der Waals surface area (Å²) in [6.07, 6.45) is 0.773. The van der Waals surface area contributed by atoms with Crippen molar-refractivity contribution in [3.8, 4) is 0 Å². The molecule has 0 fully saturated rings. The number of halogens is 1. The van der Waals surface area contributed by atoms with Gasteiger partial charge in [-0.2, -0.15) is 0 Å². The molecule has 0 bridgehead atoms. The molecule has 102 valence electrons. The molecule has 0 aliphatic carbocycles. The van der Waals surface area contributed by atoms with Crippen molar-refractivity contribution >= 4 is 35.3 Å². The lowest BCUT2D eigenvalue weighted by Crippen LogP contribution is -1.94. The largest absolute Gasteiger partial charge is 0.298 e. The van der Waals surface area contributed by atoms with Crippen LogP contribution in [0, 0.1) is 10.1 Å². The van der Waals surface area contributed by atoms with Crippen LogP contribution in [0.4, 0.5) is 5.69 Å². The molecule has 0 unspecified atom stereocenters. The van der Waals surface area contributed by atoms with Crippen molar-refractivity contribution in [1.29, 1.82) is 0 Å². The van der Waals surface area contributed by atoms with E-state index in [2.05, 4.69) is 0 Å². The van der Waals surface area contributed by atoms with Crippen molar-refractivity contribution in [3.63, 3.8) is 0 Å². The zero-order valence-corrected chi connectivity index (χ0v) is 11.9. The number of thioether (sulfide) groups is 1. The van der Waals surface area contributed by atoms with Crippen molar-refractivity contribution in [2.24, 2.45) is 0 Å². The minimum Gasteiger partial charge on any atom is -0.298 e. The van der Waals surface area contributed by atoms with Crippen LogP contribution in [-0.2, 0) is 5.75 Å². The molecule has 4 nitrogen and oxygen atoms in total. The van der Waals surface area contributed by atoms with E-state index in [1.807, 2.05) is 6.07 Å². The summed E-state index contributed by atoms with van der Waals surface area (Å²) in [4.78, 5) is 22.1. The first-order valence-corrected chi connectivity index (χ1v) is 7.07. The van der Waals surface area contributed by atoms with E-state index in [4.69, 9.17) is 11.6 Å². The smallest absolute Gasteiger partial charge is 0.274 e. The fourth-order valence-electron chi connectivity index (χ4n) is 1.67. The summed E-state index contributed by atoms with van der Waals surface area (Å²) >= 11 is 7.20. The predicted molar refractivity (Wildman–Crippen MR) is 79.5 cm³/mol. The van der Waals surface area contributed by atoms with E-state index in [1.165, 1.54) is 17.8 Å². The SMILES string of the molecule is O=Cc1cccc(SCc2ccc(Cl)cc2[N+](=O)[O-])c1. The van der Waals surface area contributed by atoms with Gasteiger partial charge in [-0.15, -0.1) is 11.8 Å². The van der Waals surface area contributed by atoms with Gasteiger partial charge in [0.1, 0.15) is 6.29 Å². The molecule has 0 atom stereocenters. The highest BCUT2D eigenvalue weighted by atomic mass is 35.5. The molecule has 0 aromatic heterocycles. The number of hydrogen-bond donors (Lipinski definition) is 0. The zero-order valence-electron chi connectivity index (χ0n) is 10.3. The fraction of sp³-hybridized carbons (Fsp3) is 0.0714. The maximum absolute atomic E-state index is 11.0. The molecule has 0 saturated heterocycles. The standard InChI is InChI=1S/C14H10ClNO3S/c15-12-5-4-11(14(7-12)16(18)19)9-20-13-3-1-2-10(6-13)8-17/h1-8H,9H2. The molecule has 0 amide bonds. The molecule has 20 heavy (non-hydrogen) atoms. The molecule has 0 saturated carbocycles. The summed E-state index contributed by atoms with van der Waals surface area (Å²) in [6.45, 7) is 0. The molecule has 0 N–H and O–H groups in total. The van der Waals surface area contributed by atoms with Gasteiger partial charge in [-0.1, -0.05) is 23.7 Å². The minimum absolute atomic E-state index is 0.0107. The van der Waals surface area contributed by atoms with Gasteiger partial charge in [0.2, 0.25) is 0 Å². The number of hydrogen-bond acceptors (Lipinski definition) is 4. The van der Waals surface area contributed by atoms with Crippen LogP contribution in [0.2, 0.25) is 5.02 Å². The van der Waals surface area contributed by atoms with Crippen molar-refractivity contribution in [2.75, 3.05) is 0 Å². The number of nitrogens with zero attached hydrogens (tertiary/aromatic N) is 1. The van der Waals surface area contributed by atoms with Crippen LogP contribution in [0.1, 0.15) is 15.9 Å². The van der Waals surface area contributed by atoms with Crippen LogP contribution in [0.15, 0.2) is 47.4 Å². The maximum atomic E-state index is 11.0. The Bertz CT molecular complexity index is 661. The average Bonchev–Trinajstić information content (AvgIpc) is 2.46. The Kier molecular flexibility index (Phi) is 4.76. The van der Waals surface area contributed by atoms with Crippen molar-refractivity contribution in [3.05, 3.63) is 68.7 Å². The quantitative estimate of drug-likeness (QED) is 0.356. The molecule has 0 heterocycles. The van der Waals surface area contributed by atoms with Gasteiger partial charge in [0.05, 0.1) is 4.92 Å². The number of carbonyl (C=O) groups is 1. The number of aldehydes is 1. The first kappa shape index (κ1) is 14.6. The molecule has 0 radical (unpaired) electrons. The number of rotatable bonds is 5. The van der Waals surface area contributed by atoms with Gasteiger partial charge in [0.15, 0.2) is 0 Å². The Hall–Kier alpha value is -1.85. The van der Waals surface area contributed by atoms with Gasteiger partial charge < -0.3 is 0 Å². The highest BCUT2D eigenvalue weighted by Crippen LogP contribution is 2.30. The highest BCUT2D eigenvalue weighted by molar-refractivity contribution is 7.98. The van der Waals surface area contributed by atoms with Gasteiger partial charge in [-0.25, -0.2) is 0 Å². The third-order valence-electron chi connectivity index (χ3n) is 2.63. The van der Waals surface area contributed by atoms with E-state index < -0.39 is 4.92 Å². The van der Waals surface area contributed by atoms with E-state index in [-0.39, 0.29) is 5.69 Å². The first-order chi connectivity index (χ1) is 9.60. The summed E-state index contributed by atoms with van der Waals surface area (Å²) in [7, 11) is 0. The molecule has 2 rings (SSSR count). The van der Waals surface area contributed by atoms with Crippen LogP contribution in [-0.4, -0.2) is 11.2 Å². The third kappa shape index (κ3) is 3.59. The van der Waals surface area contributed by atoms with Crippen LogP contribution in [0.25, 0.3) is 0 Å². The lowest BCUT2D eigenvalue weighted by atomic mass is 10.2. The first-order valence-electron chi connectivity index (χ1n) is 5.71. The summed E-state index contributed by atoms with van der Waals surface area (Å²) in [6, 6.07) is 11.7. The van der Waals surface area contributed by atoms with Crippen LogP contribution in [0.3, 0.4) is 0 Å². The van der Waals surface area contributed by atoms with Crippen molar-refractivity contribution in [1.82, 2.24) is 0 Å². The highest BCUT2D eigenvalue weighted by Gasteiger charge is 2.14. The predicted octanol–water partition coefficient (Wildman–Crippen LogP) is 4.35. The second-order valence-corrected chi connectivity index (χ2v) is 5.49. The molecule has 0 aliphatic heterocycles. The summed E-state index contributed by atoms with van der Waals surface area (Å²) < 4.78 is 0. The number of carbonyl (C=O) groups excluding carboxylic acids is 1. The third-order valence-corrected chi connectivity index (χ3v) is 3.91. The Labute approximate surface area is 124 Å². The van der Waals surface area contributed by atoms with Gasteiger partial charge in [-0.05, 0) is 24.3 Å². The van der Waals surface area contributed by atoms with Crippen molar-refractivity contribution in [2.45, 2.75) is 10.6 Å². The van der Waals surface area contributed by atoms with Gasteiger partial charge in [0.25, 0.3) is 5.69 Å². The summed E-state index contributed by atoms with van der Waals surface area (Å²) in [5.74, 6) is 0.440. The number of benzene rings is 2. The Morgan fingerprint density at radius 3 is 2.75 bits per heavy atom. The van der Waals surface area contributed by atoms with E-state index in [1.54, 1.807) is 30.3 Å². The van der Waals surface area contributed by atoms with Gasteiger partial charge in [0, 0.05) is 32.9 Å². The topological polar surface area (TPSA) is 60.2 Å². The monoisotopic (exact) mass is 307 g/mol. The molecule has 6 heteroatoms. The second-order valence-electron chi connectivity index (χ2n) is 4.01. The van der Waals surface area contributed by atoms with E-state index in [9.17, 15) is 14.9 Å². The van der Waals surface area contributed by atoms with Crippen LogP contribution < -0.4 is 0 Å². The molecular formula is C14H10ClNO3S. The summed E-state index contributed by atoms with van der Waals surface area (Å²) in [5.41, 5.74) is 1.19. The van der Waals surface area contributed by atoms with Gasteiger partial charge in [-0.3, -0.25) is 14.9 Å². The average molecular weight is 308 g/mol. The molecule has 0 aliphatic rings. The molecule has 2 aromatic carbocycles. The number of nitro benzene ring substituents is 1. The second kappa shape index (κ2) is 6.54. The Morgan fingerprint density at radius 2 is 2.05 bits per heavy atom. The Morgan fingerprint density at radius 1 is 1.25 bits per heavy atom. The lowest BCUT2D eigenvalue weighted by molar-refractivity contribution is -0.385. The zero-order chi connectivity index (χ0) is 14.5. The van der Waals surface area contributed by atoms with Gasteiger partial charge >= 0.3 is 0 Å². The fourth-order valence-corrected chi connectivity index (χ4v) is 2.79. The maximum Gasteiger partial charge on any atom is 0.274 e. The minimum atomic E-state index is -0.441. The molecule has 0 spiro atoms. The van der Waals surface area contributed by atoms with Crippen molar-refractivity contribution < 1.29 is 9.72 Å². The van der Waals surface area contributed by atoms with E-state index in [0.717, 1.165) is 11.2 Å². The molecular weight excluding hydrogens is 298 g/mol. The summed E-state index contributed by atoms with van der Waals surface area (Å²) in [5, 5.41) is 11.3.